The standard InChI is InChI=1S/C14H20N4O/c1-4-15-8-12-5-6-16-14(7-12)19-13-9-17-18(10-13)11(2)3/h5-7,9-11,15H,4,8H2,1-3H3. The lowest BCUT2D eigenvalue weighted by Crippen LogP contribution is -2.11. The Morgan fingerprint density at radius 1 is 1.42 bits per heavy atom. The van der Waals surface area contributed by atoms with Gasteiger partial charge in [-0.15, -0.1) is 0 Å². The maximum absolute atomic E-state index is 5.71. The first-order valence-corrected chi connectivity index (χ1v) is 6.56. The van der Waals surface area contributed by atoms with Crippen LogP contribution < -0.4 is 10.1 Å². The van der Waals surface area contributed by atoms with Crippen LogP contribution in [0.2, 0.25) is 0 Å². The van der Waals surface area contributed by atoms with Gasteiger partial charge in [0.15, 0.2) is 5.75 Å². The summed E-state index contributed by atoms with van der Waals surface area (Å²) < 4.78 is 7.57. The SMILES string of the molecule is CCNCc1ccnc(Oc2cnn(C(C)C)c2)c1. The summed E-state index contributed by atoms with van der Waals surface area (Å²) in [6.07, 6.45) is 5.34. The maximum Gasteiger partial charge on any atom is 0.219 e. The van der Waals surface area contributed by atoms with Crippen LogP contribution in [0.5, 0.6) is 11.6 Å². The number of hydrogen-bond donors (Lipinski definition) is 1. The normalized spacial score (nSPS) is 10.9. The highest BCUT2D eigenvalue weighted by molar-refractivity contribution is 5.25. The molecule has 0 radical (unpaired) electrons. The third-order valence-corrected chi connectivity index (χ3v) is 2.71. The van der Waals surface area contributed by atoms with Crippen molar-refractivity contribution >= 4 is 0 Å². The number of nitrogens with zero attached hydrogens (tertiary/aromatic N) is 3. The third kappa shape index (κ3) is 3.79. The minimum atomic E-state index is 0.324. The lowest BCUT2D eigenvalue weighted by molar-refractivity contribution is 0.458. The molecule has 0 fully saturated rings. The molecule has 0 spiro atoms. The zero-order valence-electron chi connectivity index (χ0n) is 11.6. The van der Waals surface area contributed by atoms with Crippen molar-refractivity contribution in [2.75, 3.05) is 6.54 Å². The van der Waals surface area contributed by atoms with Gasteiger partial charge in [-0.2, -0.15) is 5.10 Å². The molecule has 19 heavy (non-hydrogen) atoms. The Morgan fingerprint density at radius 2 is 2.26 bits per heavy atom. The molecule has 2 aromatic heterocycles. The van der Waals surface area contributed by atoms with E-state index in [4.69, 9.17) is 4.74 Å². The van der Waals surface area contributed by atoms with E-state index in [2.05, 4.69) is 36.2 Å². The van der Waals surface area contributed by atoms with E-state index in [1.165, 1.54) is 0 Å². The van der Waals surface area contributed by atoms with Crippen molar-refractivity contribution in [3.8, 4) is 11.6 Å². The fraction of sp³-hybridized carbons (Fsp3) is 0.429. The Kier molecular flexibility index (Phi) is 4.52. The molecule has 0 aliphatic heterocycles. The van der Waals surface area contributed by atoms with Gasteiger partial charge in [0.05, 0.1) is 12.4 Å². The molecule has 0 unspecified atom stereocenters. The summed E-state index contributed by atoms with van der Waals surface area (Å²) in [5, 5.41) is 7.51. The maximum atomic E-state index is 5.71. The molecule has 0 amide bonds. The lowest BCUT2D eigenvalue weighted by atomic mass is 10.2. The molecule has 0 aliphatic rings. The number of ether oxygens (including phenoxy) is 1. The van der Waals surface area contributed by atoms with Crippen molar-refractivity contribution < 1.29 is 4.74 Å². The Balaban J connectivity index is 2.05. The summed E-state index contributed by atoms with van der Waals surface area (Å²) in [5.41, 5.74) is 1.16. The van der Waals surface area contributed by atoms with Crippen molar-refractivity contribution in [3.63, 3.8) is 0 Å². The lowest BCUT2D eigenvalue weighted by Gasteiger charge is -2.06. The summed E-state index contributed by atoms with van der Waals surface area (Å²) >= 11 is 0. The van der Waals surface area contributed by atoms with E-state index >= 15 is 0 Å². The van der Waals surface area contributed by atoms with E-state index in [0.717, 1.165) is 18.7 Å². The first-order valence-electron chi connectivity index (χ1n) is 6.56. The van der Waals surface area contributed by atoms with Crippen LogP contribution in [0.25, 0.3) is 0 Å². The highest BCUT2D eigenvalue weighted by Crippen LogP contribution is 2.20. The Morgan fingerprint density at radius 3 is 2.95 bits per heavy atom. The molecule has 2 heterocycles. The average molecular weight is 260 g/mol. The molecular formula is C14H20N4O. The number of hydrogen-bond acceptors (Lipinski definition) is 4. The predicted octanol–water partition coefficient (Wildman–Crippen LogP) is 2.76. The number of aromatic nitrogens is 3. The highest BCUT2D eigenvalue weighted by Gasteiger charge is 2.05. The van der Waals surface area contributed by atoms with Crippen molar-refractivity contribution in [1.82, 2.24) is 20.1 Å². The van der Waals surface area contributed by atoms with E-state index in [-0.39, 0.29) is 0 Å². The zero-order chi connectivity index (χ0) is 13.7. The summed E-state index contributed by atoms with van der Waals surface area (Å²) in [5.74, 6) is 1.31. The molecular weight excluding hydrogens is 240 g/mol. The zero-order valence-corrected chi connectivity index (χ0v) is 11.6. The second kappa shape index (κ2) is 6.33. The van der Waals surface area contributed by atoms with Crippen molar-refractivity contribution in [2.24, 2.45) is 0 Å². The molecule has 5 nitrogen and oxygen atoms in total. The average Bonchev–Trinajstić information content (AvgIpc) is 2.85. The van der Waals surface area contributed by atoms with E-state index in [1.807, 2.05) is 23.0 Å². The molecule has 0 atom stereocenters. The van der Waals surface area contributed by atoms with Gasteiger partial charge in [-0.1, -0.05) is 6.92 Å². The number of rotatable bonds is 6. The summed E-state index contributed by atoms with van der Waals surface area (Å²) in [6, 6.07) is 4.24. The van der Waals surface area contributed by atoms with Gasteiger partial charge in [-0.3, -0.25) is 4.68 Å². The Hall–Kier alpha value is -1.88. The molecule has 0 aromatic carbocycles. The molecule has 0 bridgehead atoms. The van der Waals surface area contributed by atoms with Gasteiger partial charge in [-0.05, 0) is 32.0 Å². The van der Waals surface area contributed by atoms with Crippen LogP contribution in [-0.2, 0) is 6.54 Å². The molecule has 0 aliphatic carbocycles. The molecule has 1 N–H and O–H groups in total. The number of pyridine rings is 1. The number of nitrogens with one attached hydrogen (secondary N) is 1. The van der Waals surface area contributed by atoms with Gasteiger partial charge < -0.3 is 10.1 Å². The van der Waals surface area contributed by atoms with Gasteiger partial charge in [-0.25, -0.2) is 4.98 Å². The quantitative estimate of drug-likeness (QED) is 0.867. The monoisotopic (exact) mass is 260 g/mol. The van der Waals surface area contributed by atoms with E-state index in [9.17, 15) is 0 Å². The topological polar surface area (TPSA) is 52.0 Å². The molecule has 0 saturated carbocycles. The fourth-order valence-corrected chi connectivity index (χ4v) is 1.66. The van der Waals surface area contributed by atoms with E-state index in [1.54, 1.807) is 12.4 Å². The molecule has 2 rings (SSSR count). The minimum Gasteiger partial charge on any atom is -0.436 e. The fourth-order valence-electron chi connectivity index (χ4n) is 1.66. The predicted molar refractivity (Wildman–Crippen MR) is 74.3 cm³/mol. The first kappa shape index (κ1) is 13.5. The molecule has 5 heteroatoms. The summed E-state index contributed by atoms with van der Waals surface area (Å²) in [7, 11) is 0. The highest BCUT2D eigenvalue weighted by atomic mass is 16.5. The second-order valence-corrected chi connectivity index (χ2v) is 4.63. The van der Waals surface area contributed by atoms with Gasteiger partial charge in [0.1, 0.15) is 0 Å². The van der Waals surface area contributed by atoms with Crippen LogP contribution in [0, 0.1) is 0 Å². The molecule has 2 aromatic rings. The van der Waals surface area contributed by atoms with Gasteiger partial charge in [0.2, 0.25) is 5.88 Å². The molecule has 102 valence electrons. The van der Waals surface area contributed by atoms with Crippen molar-refractivity contribution in [3.05, 3.63) is 36.3 Å². The minimum absolute atomic E-state index is 0.324. The smallest absolute Gasteiger partial charge is 0.219 e. The second-order valence-electron chi connectivity index (χ2n) is 4.63. The van der Waals surface area contributed by atoms with Crippen LogP contribution in [0.1, 0.15) is 32.4 Å². The van der Waals surface area contributed by atoms with E-state index in [0.29, 0.717) is 17.7 Å². The van der Waals surface area contributed by atoms with Gasteiger partial charge in [0, 0.05) is 24.8 Å². The van der Waals surface area contributed by atoms with Crippen LogP contribution >= 0.6 is 0 Å². The van der Waals surface area contributed by atoms with Crippen LogP contribution in [0.3, 0.4) is 0 Å². The Labute approximate surface area is 113 Å². The summed E-state index contributed by atoms with van der Waals surface area (Å²) in [6.45, 7) is 8.00. The van der Waals surface area contributed by atoms with Crippen molar-refractivity contribution in [1.29, 1.82) is 0 Å². The largest absolute Gasteiger partial charge is 0.436 e. The van der Waals surface area contributed by atoms with Crippen LogP contribution in [0.4, 0.5) is 0 Å². The van der Waals surface area contributed by atoms with Crippen LogP contribution in [0.15, 0.2) is 30.7 Å². The molecule has 0 saturated heterocycles. The van der Waals surface area contributed by atoms with Crippen molar-refractivity contribution in [2.45, 2.75) is 33.4 Å². The summed E-state index contributed by atoms with van der Waals surface area (Å²) in [4.78, 5) is 4.21. The third-order valence-electron chi connectivity index (χ3n) is 2.71. The van der Waals surface area contributed by atoms with Crippen LogP contribution in [-0.4, -0.2) is 21.3 Å². The van der Waals surface area contributed by atoms with E-state index < -0.39 is 0 Å². The first-order chi connectivity index (χ1) is 9.19. The van der Waals surface area contributed by atoms with Gasteiger partial charge >= 0.3 is 0 Å². The Bertz CT molecular complexity index is 522. The van der Waals surface area contributed by atoms with Gasteiger partial charge in [0.25, 0.3) is 0 Å².